The van der Waals surface area contributed by atoms with Gasteiger partial charge in [0, 0.05) is 9.92 Å². The third kappa shape index (κ3) is 4.07. The van der Waals surface area contributed by atoms with Crippen LogP contribution in [-0.4, -0.2) is 0 Å². The summed E-state index contributed by atoms with van der Waals surface area (Å²) in [6.45, 7) is 0. The van der Waals surface area contributed by atoms with Crippen molar-refractivity contribution in [3.05, 3.63) is 83.1 Å². The Morgan fingerprint density at radius 3 is 2.61 bits per heavy atom. The van der Waals surface area contributed by atoms with Gasteiger partial charge < -0.3 is 4.42 Å². The van der Waals surface area contributed by atoms with Crippen LogP contribution in [0.5, 0.6) is 0 Å². The number of hydrogen-bond donors (Lipinski definition) is 0. The van der Waals surface area contributed by atoms with Crippen molar-refractivity contribution < 1.29 is 4.42 Å². The molecule has 1 heterocycles. The van der Waals surface area contributed by atoms with Crippen molar-refractivity contribution in [1.82, 2.24) is 0 Å². The summed E-state index contributed by atoms with van der Waals surface area (Å²) in [6.07, 6.45) is 1.72. The highest BCUT2D eigenvalue weighted by Crippen LogP contribution is 2.30. The normalized spacial score (nSPS) is 11.2. The van der Waals surface area contributed by atoms with Crippen LogP contribution >= 0.6 is 23.4 Å². The summed E-state index contributed by atoms with van der Waals surface area (Å²) in [7, 11) is 0. The zero-order valence-corrected chi connectivity index (χ0v) is 13.6. The van der Waals surface area contributed by atoms with E-state index in [0.717, 1.165) is 15.6 Å². The summed E-state index contributed by atoms with van der Waals surface area (Å²) in [5, 5.41) is 10.7. The first kappa shape index (κ1) is 15.5. The molecule has 3 rings (SSSR count). The Kier molecular flexibility index (Phi) is 4.87. The molecule has 0 radical (unpaired) electrons. The van der Waals surface area contributed by atoms with Crippen LogP contribution in [0.2, 0.25) is 5.02 Å². The van der Waals surface area contributed by atoms with Gasteiger partial charge in [-0.1, -0.05) is 53.7 Å². The Balaban J connectivity index is 1.83. The first-order valence-corrected chi connectivity index (χ1v) is 8.14. The summed E-state index contributed by atoms with van der Waals surface area (Å²) in [5.41, 5.74) is 1.28. The maximum Gasteiger partial charge on any atom is 0.165 e. The standard InChI is InChI=1S/C19H12ClNOS/c20-16-6-4-5-14(11-16)15(13-21)12-17-9-10-19(22-17)23-18-7-2-1-3-8-18/h1-12H/b15-12-. The third-order valence-corrected chi connectivity index (χ3v) is 4.27. The van der Waals surface area contributed by atoms with Gasteiger partial charge in [-0.3, -0.25) is 0 Å². The van der Waals surface area contributed by atoms with Crippen molar-refractivity contribution in [3.63, 3.8) is 0 Å². The van der Waals surface area contributed by atoms with E-state index in [2.05, 4.69) is 6.07 Å². The number of nitrogens with zero attached hydrogens (tertiary/aromatic N) is 1. The van der Waals surface area contributed by atoms with E-state index in [9.17, 15) is 5.26 Å². The van der Waals surface area contributed by atoms with Crippen LogP contribution in [0.4, 0.5) is 0 Å². The molecule has 0 N–H and O–H groups in total. The van der Waals surface area contributed by atoms with Gasteiger partial charge in [0.2, 0.25) is 0 Å². The zero-order valence-electron chi connectivity index (χ0n) is 12.1. The molecule has 0 saturated carbocycles. The molecule has 1 aromatic heterocycles. The molecule has 0 atom stereocenters. The van der Waals surface area contributed by atoms with Gasteiger partial charge in [-0.25, -0.2) is 0 Å². The minimum atomic E-state index is 0.512. The highest BCUT2D eigenvalue weighted by Gasteiger charge is 2.06. The fourth-order valence-corrected chi connectivity index (χ4v) is 3.04. The lowest BCUT2D eigenvalue weighted by atomic mass is 10.1. The summed E-state index contributed by atoms with van der Waals surface area (Å²) in [4.78, 5) is 1.10. The Morgan fingerprint density at radius 2 is 1.87 bits per heavy atom. The summed E-state index contributed by atoms with van der Waals surface area (Å²) < 4.78 is 5.77. The van der Waals surface area contributed by atoms with Gasteiger partial charge in [0.25, 0.3) is 0 Å². The maximum atomic E-state index is 9.37. The van der Waals surface area contributed by atoms with E-state index in [-0.39, 0.29) is 0 Å². The van der Waals surface area contributed by atoms with E-state index >= 15 is 0 Å². The van der Waals surface area contributed by atoms with Crippen LogP contribution in [0.25, 0.3) is 11.6 Å². The van der Waals surface area contributed by atoms with E-state index in [0.29, 0.717) is 16.4 Å². The van der Waals surface area contributed by atoms with E-state index in [4.69, 9.17) is 16.0 Å². The van der Waals surface area contributed by atoms with E-state index in [1.54, 1.807) is 30.0 Å². The van der Waals surface area contributed by atoms with E-state index in [1.165, 1.54) is 0 Å². The van der Waals surface area contributed by atoms with Gasteiger partial charge in [-0.2, -0.15) is 5.26 Å². The molecule has 23 heavy (non-hydrogen) atoms. The summed E-state index contributed by atoms with van der Waals surface area (Å²) >= 11 is 7.52. The van der Waals surface area contributed by atoms with Gasteiger partial charge in [0.1, 0.15) is 5.76 Å². The fraction of sp³-hybridized carbons (Fsp3) is 0. The first-order chi connectivity index (χ1) is 11.2. The second-order valence-corrected chi connectivity index (χ2v) is 6.27. The maximum absolute atomic E-state index is 9.37. The SMILES string of the molecule is N#C/C(=C/c1ccc(Sc2ccccc2)o1)c1cccc(Cl)c1. The van der Waals surface area contributed by atoms with Crippen molar-refractivity contribution in [2.24, 2.45) is 0 Å². The minimum absolute atomic E-state index is 0.512. The highest BCUT2D eigenvalue weighted by molar-refractivity contribution is 7.99. The Morgan fingerprint density at radius 1 is 1.04 bits per heavy atom. The molecule has 0 unspecified atom stereocenters. The second-order valence-electron chi connectivity index (χ2n) is 4.75. The Bertz CT molecular complexity index is 878. The molecule has 0 spiro atoms. The molecule has 0 amide bonds. The van der Waals surface area contributed by atoms with Crippen LogP contribution < -0.4 is 0 Å². The van der Waals surface area contributed by atoms with Gasteiger partial charge in [-0.15, -0.1) is 0 Å². The zero-order chi connectivity index (χ0) is 16.1. The predicted octanol–water partition coefficient (Wildman–Crippen LogP) is 6.15. The molecule has 0 bridgehead atoms. The van der Waals surface area contributed by atoms with Crippen molar-refractivity contribution >= 4 is 35.0 Å². The van der Waals surface area contributed by atoms with Crippen LogP contribution in [0, 0.1) is 11.3 Å². The van der Waals surface area contributed by atoms with Crippen LogP contribution in [0.3, 0.4) is 0 Å². The van der Waals surface area contributed by atoms with E-state index < -0.39 is 0 Å². The van der Waals surface area contributed by atoms with Gasteiger partial charge >= 0.3 is 0 Å². The Hall–Kier alpha value is -2.41. The quantitative estimate of drug-likeness (QED) is 0.536. The van der Waals surface area contributed by atoms with Crippen LogP contribution in [-0.2, 0) is 0 Å². The molecule has 112 valence electrons. The van der Waals surface area contributed by atoms with Crippen molar-refractivity contribution in [3.8, 4) is 6.07 Å². The summed E-state index contributed by atoms with van der Waals surface area (Å²) in [5.74, 6) is 0.639. The molecule has 2 nitrogen and oxygen atoms in total. The van der Waals surface area contributed by atoms with Gasteiger partial charge in [0.15, 0.2) is 5.09 Å². The summed E-state index contributed by atoms with van der Waals surface area (Å²) in [6, 6.07) is 23.1. The van der Waals surface area contributed by atoms with Crippen LogP contribution in [0.1, 0.15) is 11.3 Å². The number of allylic oxidation sites excluding steroid dienone is 1. The number of nitriles is 1. The molecule has 4 heteroatoms. The molecule has 0 aliphatic rings. The molecular formula is C19H12ClNOS. The molecule has 0 saturated heterocycles. The third-order valence-electron chi connectivity index (χ3n) is 3.11. The lowest BCUT2D eigenvalue weighted by Crippen LogP contribution is -1.80. The lowest BCUT2D eigenvalue weighted by molar-refractivity contribution is 0.466. The smallest absolute Gasteiger partial charge is 0.165 e. The van der Waals surface area contributed by atoms with E-state index in [1.807, 2.05) is 54.6 Å². The molecule has 0 aliphatic carbocycles. The molecule has 2 aromatic carbocycles. The second kappa shape index (κ2) is 7.23. The van der Waals surface area contributed by atoms with Crippen molar-refractivity contribution in [2.45, 2.75) is 9.99 Å². The lowest BCUT2D eigenvalue weighted by Gasteiger charge is -1.99. The topological polar surface area (TPSA) is 36.9 Å². The molecule has 0 aliphatic heterocycles. The minimum Gasteiger partial charge on any atom is -0.450 e. The molecule has 0 fully saturated rings. The number of halogens is 1. The molecular weight excluding hydrogens is 326 g/mol. The number of hydrogen-bond acceptors (Lipinski definition) is 3. The van der Waals surface area contributed by atoms with Crippen molar-refractivity contribution in [2.75, 3.05) is 0 Å². The van der Waals surface area contributed by atoms with Crippen molar-refractivity contribution in [1.29, 1.82) is 5.26 Å². The van der Waals surface area contributed by atoms with Gasteiger partial charge in [0.05, 0.1) is 11.6 Å². The average Bonchev–Trinajstić information content (AvgIpc) is 3.00. The predicted molar refractivity (Wildman–Crippen MR) is 94.2 cm³/mol. The highest BCUT2D eigenvalue weighted by atomic mass is 35.5. The van der Waals surface area contributed by atoms with Crippen LogP contribution in [0.15, 0.2) is 81.1 Å². The first-order valence-electron chi connectivity index (χ1n) is 6.95. The number of furan rings is 1. The number of rotatable bonds is 4. The van der Waals surface area contributed by atoms with Gasteiger partial charge in [-0.05, 0) is 48.0 Å². The monoisotopic (exact) mass is 337 g/mol. The largest absolute Gasteiger partial charge is 0.450 e. The average molecular weight is 338 g/mol. The Labute approximate surface area is 144 Å². The number of benzene rings is 2. The fourth-order valence-electron chi connectivity index (χ4n) is 2.05. The molecule has 3 aromatic rings.